The van der Waals surface area contributed by atoms with Gasteiger partial charge in [-0.25, -0.2) is 14.2 Å². The highest BCUT2D eigenvalue weighted by Gasteiger charge is 2.29. The van der Waals surface area contributed by atoms with Crippen LogP contribution in [0.3, 0.4) is 0 Å². The second-order valence-corrected chi connectivity index (χ2v) is 10.9. The first-order chi connectivity index (χ1) is 18.5. The molecule has 2 aromatic heterocycles. The summed E-state index contributed by atoms with van der Waals surface area (Å²) in [6.07, 6.45) is 5.50. The van der Waals surface area contributed by atoms with E-state index in [1.807, 2.05) is 33.8 Å². The number of amides is 2. The molecule has 0 aliphatic heterocycles. The van der Waals surface area contributed by atoms with Crippen molar-refractivity contribution in [3.63, 3.8) is 0 Å². The molecule has 0 spiro atoms. The van der Waals surface area contributed by atoms with E-state index in [0.29, 0.717) is 16.9 Å². The van der Waals surface area contributed by atoms with Crippen LogP contribution in [-0.2, 0) is 4.74 Å². The maximum atomic E-state index is 13.2. The third-order valence-electron chi connectivity index (χ3n) is 6.23. The van der Waals surface area contributed by atoms with Crippen LogP contribution in [0.25, 0.3) is 0 Å². The Kier molecular flexibility index (Phi) is 8.56. The van der Waals surface area contributed by atoms with E-state index in [1.54, 1.807) is 23.0 Å². The number of nitrogens with one attached hydrogen (secondary N) is 2. The number of halogens is 2. The molecule has 1 saturated carbocycles. The summed E-state index contributed by atoms with van der Waals surface area (Å²) in [6, 6.07) is 7.70. The third-order valence-corrected chi connectivity index (χ3v) is 6.51. The maximum Gasteiger partial charge on any atom is 0.407 e. The summed E-state index contributed by atoms with van der Waals surface area (Å²) < 4.78 is 20.1. The monoisotopic (exact) mass is 551 g/mol. The zero-order valence-corrected chi connectivity index (χ0v) is 23.1. The molecular weight excluding hydrogens is 521 g/mol. The van der Waals surface area contributed by atoms with E-state index in [2.05, 4.69) is 32.6 Å². The minimum Gasteiger partial charge on any atom is -0.444 e. The summed E-state index contributed by atoms with van der Waals surface area (Å²) in [7, 11) is 0. The van der Waals surface area contributed by atoms with Gasteiger partial charge < -0.3 is 15.4 Å². The lowest BCUT2D eigenvalue weighted by atomic mass is 9.91. The number of nitrogens with zero attached hydrogens (tertiary/aromatic N) is 3. The Balaban J connectivity index is 1.40. The van der Waals surface area contributed by atoms with Crippen LogP contribution in [0, 0.1) is 24.6 Å². The largest absolute Gasteiger partial charge is 0.444 e. The molecular formula is C29H31ClFN5O3. The molecule has 39 heavy (non-hydrogen) atoms. The molecule has 1 aromatic carbocycles. The van der Waals surface area contributed by atoms with Gasteiger partial charge in [0.1, 0.15) is 22.9 Å². The first-order valence-corrected chi connectivity index (χ1v) is 13.1. The van der Waals surface area contributed by atoms with Crippen LogP contribution in [0.4, 0.5) is 15.0 Å². The molecule has 2 N–H and O–H groups in total. The summed E-state index contributed by atoms with van der Waals surface area (Å²) >= 11 is 6.38. The highest BCUT2D eigenvalue weighted by atomic mass is 35.5. The Labute approximate surface area is 232 Å². The number of aromatic nitrogens is 3. The lowest BCUT2D eigenvalue weighted by Gasteiger charge is -2.30. The van der Waals surface area contributed by atoms with E-state index in [4.69, 9.17) is 16.3 Å². The van der Waals surface area contributed by atoms with E-state index in [0.717, 1.165) is 31.2 Å². The zero-order chi connectivity index (χ0) is 28.2. The lowest BCUT2D eigenvalue weighted by molar-refractivity contribution is 0.0487. The van der Waals surface area contributed by atoms with E-state index in [9.17, 15) is 14.0 Å². The molecule has 0 saturated heterocycles. The van der Waals surface area contributed by atoms with Crippen LogP contribution in [0.5, 0.6) is 0 Å². The van der Waals surface area contributed by atoms with E-state index in [-0.39, 0.29) is 28.6 Å². The van der Waals surface area contributed by atoms with Crippen LogP contribution in [0.15, 0.2) is 42.7 Å². The molecule has 2 amide bonds. The van der Waals surface area contributed by atoms with Crippen LogP contribution in [-0.4, -0.2) is 38.4 Å². The molecule has 2 heterocycles. The van der Waals surface area contributed by atoms with Gasteiger partial charge in [0.2, 0.25) is 0 Å². The van der Waals surface area contributed by atoms with Crippen LogP contribution in [0.1, 0.15) is 79.7 Å². The van der Waals surface area contributed by atoms with E-state index < -0.39 is 17.6 Å². The van der Waals surface area contributed by atoms with Crippen molar-refractivity contribution in [3.05, 3.63) is 75.9 Å². The maximum absolute atomic E-state index is 13.2. The molecule has 1 aliphatic carbocycles. The molecule has 0 bridgehead atoms. The minimum atomic E-state index is -0.555. The van der Waals surface area contributed by atoms with Crippen molar-refractivity contribution < 1.29 is 18.7 Å². The predicted molar refractivity (Wildman–Crippen MR) is 147 cm³/mol. The molecule has 0 atom stereocenters. The summed E-state index contributed by atoms with van der Waals surface area (Å²) in [5.41, 5.74) is 1.78. The Bertz CT molecular complexity index is 1410. The number of anilines is 1. The SMILES string of the molecule is Cc1cc(C#Cc2ccc(F)cc2)cnc1NC(=O)c1c(Cl)cnn1[C@H]1CC[C@@H](NC(=O)OC(C)(C)C)CC1. The topological polar surface area (TPSA) is 98.1 Å². The normalized spacial score (nSPS) is 17.1. The smallest absolute Gasteiger partial charge is 0.407 e. The number of hydrogen-bond donors (Lipinski definition) is 2. The Morgan fingerprint density at radius 1 is 1.08 bits per heavy atom. The highest BCUT2D eigenvalue weighted by molar-refractivity contribution is 6.34. The molecule has 4 rings (SSSR count). The second-order valence-electron chi connectivity index (χ2n) is 10.5. The fraction of sp³-hybridized carbons (Fsp3) is 0.379. The number of pyridine rings is 1. The fourth-order valence-corrected chi connectivity index (χ4v) is 4.60. The van der Waals surface area contributed by atoms with Gasteiger partial charge in [-0.05, 0) is 89.3 Å². The van der Waals surface area contributed by atoms with E-state index in [1.165, 1.54) is 18.3 Å². The van der Waals surface area contributed by atoms with Crippen LogP contribution in [0.2, 0.25) is 5.02 Å². The van der Waals surface area contributed by atoms with Crippen molar-refractivity contribution >= 4 is 29.4 Å². The lowest BCUT2D eigenvalue weighted by Crippen LogP contribution is -2.41. The van der Waals surface area contributed by atoms with Gasteiger partial charge in [-0.15, -0.1) is 0 Å². The zero-order valence-electron chi connectivity index (χ0n) is 22.3. The molecule has 1 aliphatic rings. The number of rotatable bonds is 4. The van der Waals surface area contributed by atoms with Gasteiger partial charge in [0, 0.05) is 23.4 Å². The molecule has 0 unspecified atom stereocenters. The van der Waals surface area contributed by atoms with Crippen LogP contribution < -0.4 is 10.6 Å². The van der Waals surface area contributed by atoms with Crippen molar-refractivity contribution in [1.82, 2.24) is 20.1 Å². The molecule has 10 heteroatoms. The average molecular weight is 552 g/mol. The molecule has 0 radical (unpaired) electrons. The number of aryl methyl sites for hydroxylation is 1. The fourth-order valence-electron chi connectivity index (χ4n) is 4.39. The Morgan fingerprint density at radius 3 is 2.38 bits per heavy atom. The van der Waals surface area contributed by atoms with Crippen molar-refractivity contribution in [2.45, 2.75) is 71.1 Å². The van der Waals surface area contributed by atoms with Crippen molar-refractivity contribution in [2.24, 2.45) is 0 Å². The number of benzene rings is 1. The summed E-state index contributed by atoms with van der Waals surface area (Å²) in [5.74, 6) is 5.63. The van der Waals surface area contributed by atoms with Gasteiger partial charge in [0.05, 0.1) is 17.3 Å². The van der Waals surface area contributed by atoms with Gasteiger partial charge in [0.15, 0.2) is 0 Å². The first-order valence-electron chi connectivity index (χ1n) is 12.8. The number of carbonyl (C=O) groups excluding carboxylic acids is 2. The molecule has 204 valence electrons. The number of hydrogen-bond acceptors (Lipinski definition) is 5. The number of alkyl carbamates (subject to hydrolysis) is 1. The highest BCUT2D eigenvalue weighted by Crippen LogP contribution is 2.31. The average Bonchev–Trinajstić information content (AvgIpc) is 3.26. The van der Waals surface area contributed by atoms with Gasteiger partial charge in [-0.2, -0.15) is 5.10 Å². The number of ether oxygens (including phenoxy) is 1. The molecule has 3 aromatic rings. The minimum absolute atomic E-state index is 0.00377. The van der Waals surface area contributed by atoms with Gasteiger partial charge in [-0.3, -0.25) is 9.48 Å². The molecule has 8 nitrogen and oxygen atoms in total. The van der Waals surface area contributed by atoms with Gasteiger partial charge >= 0.3 is 6.09 Å². The van der Waals surface area contributed by atoms with Crippen LogP contribution >= 0.6 is 11.6 Å². The van der Waals surface area contributed by atoms with Crippen molar-refractivity contribution in [2.75, 3.05) is 5.32 Å². The summed E-state index contributed by atoms with van der Waals surface area (Å²) in [5, 5.41) is 10.4. The van der Waals surface area contributed by atoms with Crippen molar-refractivity contribution in [3.8, 4) is 11.8 Å². The van der Waals surface area contributed by atoms with E-state index >= 15 is 0 Å². The molecule has 1 fully saturated rings. The van der Waals surface area contributed by atoms with Crippen molar-refractivity contribution in [1.29, 1.82) is 0 Å². The number of carbonyl (C=O) groups is 2. The Morgan fingerprint density at radius 2 is 1.74 bits per heavy atom. The van der Waals surface area contributed by atoms with Gasteiger partial charge in [0.25, 0.3) is 5.91 Å². The summed E-state index contributed by atoms with van der Waals surface area (Å²) in [6.45, 7) is 7.30. The van der Waals surface area contributed by atoms with Gasteiger partial charge in [-0.1, -0.05) is 23.4 Å². The third kappa shape index (κ3) is 7.58. The first kappa shape index (κ1) is 28.1. The second kappa shape index (κ2) is 11.9. The Hall–Kier alpha value is -3.90. The predicted octanol–water partition coefficient (Wildman–Crippen LogP) is 6.04. The quantitative estimate of drug-likeness (QED) is 0.385. The standard InChI is InChI=1S/C29H31ClFN5O3/c1-18-15-20(6-5-19-7-9-21(31)10-8-19)16-32-26(18)35-27(37)25-24(30)17-33-36(25)23-13-11-22(12-14-23)34-28(38)39-29(2,3)4/h7-10,15-17,22-23H,11-14H2,1-4H3,(H,34,38)(H,32,35,37)/t22-,23+. The summed E-state index contributed by atoms with van der Waals surface area (Å²) in [4.78, 5) is 29.7.